The van der Waals surface area contributed by atoms with Crippen LogP contribution in [0.3, 0.4) is 0 Å². The number of hydrogen-bond donors (Lipinski definition) is 1. The Morgan fingerprint density at radius 1 is 1.59 bits per heavy atom. The molecule has 0 bridgehead atoms. The van der Waals surface area contributed by atoms with Gasteiger partial charge in [0, 0.05) is 0 Å². The van der Waals surface area contributed by atoms with Gasteiger partial charge in [-0.1, -0.05) is 5.16 Å². The Labute approximate surface area is 103 Å². The first-order chi connectivity index (χ1) is 8.29. The van der Waals surface area contributed by atoms with Crippen molar-refractivity contribution in [3.05, 3.63) is 17.3 Å². The molecule has 0 amide bonds. The van der Waals surface area contributed by atoms with E-state index in [1.54, 1.807) is 7.11 Å². The molecular weight excluding hydrogens is 238 g/mol. The second kappa shape index (κ2) is 4.12. The van der Waals surface area contributed by atoms with Gasteiger partial charge in [-0.15, -0.1) is 11.3 Å². The first-order valence-electron chi connectivity index (χ1n) is 5.50. The van der Waals surface area contributed by atoms with Crippen molar-refractivity contribution in [2.75, 3.05) is 7.11 Å². The van der Waals surface area contributed by atoms with Crippen molar-refractivity contribution in [1.29, 1.82) is 0 Å². The fourth-order valence-corrected chi connectivity index (χ4v) is 2.52. The molecule has 17 heavy (non-hydrogen) atoms. The standard InChI is InChI=1S/C11H13N3O2S/c1-15-7-4-5-17-9(7)11-13-10(14-16-11)8(12)6-2-3-6/h4-6,8H,2-3,12H2,1H3. The predicted octanol–water partition coefficient (Wildman–Crippen LogP) is 2.22. The normalized spacial score (nSPS) is 17.1. The molecule has 0 aliphatic heterocycles. The number of rotatable bonds is 4. The van der Waals surface area contributed by atoms with Crippen LogP contribution in [-0.4, -0.2) is 17.3 Å². The van der Waals surface area contributed by atoms with Crippen molar-refractivity contribution in [1.82, 2.24) is 10.1 Å². The zero-order valence-corrected chi connectivity index (χ0v) is 10.2. The van der Waals surface area contributed by atoms with Crippen LogP contribution >= 0.6 is 11.3 Å². The molecule has 5 nitrogen and oxygen atoms in total. The molecular formula is C11H13N3O2S. The second-order valence-corrected chi connectivity index (χ2v) is 5.06. The van der Waals surface area contributed by atoms with E-state index in [0.29, 0.717) is 17.6 Å². The summed E-state index contributed by atoms with van der Waals surface area (Å²) in [7, 11) is 1.62. The number of nitrogens with zero attached hydrogens (tertiary/aromatic N) is 2. The summed E-state index contributed by atoms with van der Waals surface area (Å²) in [4.78, 5) is 5.21. The maximum absolute atomic E-state index is 6.02. The van der Waals surface area contributed by atoms with Crippen LogP contribution in [-0.2, 0) is 0 Å². The van der Waals surface area contributed by atoms with Gasteiger partial charge >= 0.3 is 0 Å². The van der Waals surface area contributed by atoms with Crippen LogP contribution in [0.2, 0.25) is 0 Å². The van der Waals surface area contributed by atoms with E-state index in [2.05, 4.69) is 10.1 Å². The molecule has 0 radical (unpaired) electrons. The Morgan fingerprint density at radius 3 is 3.12 bits per heavy atom. The van der Waals surface area contributed by atoms with Crippen LogP contribution < -0.4 is 10.5 Å². The highest BCUT2D eigenvalue weighted by Crippen LogP contribution is 2.40. The van der Waals surface area contributed by atoms with Crippen LogP contribution in [0.15, 0.2) is 16.0 Å². The van der Waals surface area contributed by atoms with Gasteiger partial charge in [0.2, 0.25) is 0 Å². The van der Waals surface area contributed by atoms with Gasteiger partial charge in [-0.3, -0.25) is 0 Å². The van der Waals surface area contributed by atoms with E-state index < -0.39 is 0 Å². The van der Waals surface area contributed by atoms with E-state index in [1.165, 1.54) is 11.3 Å². The molecule has 2 aromatic heterocycles. The van der Waals surface area contributed by atoms with Gasteiger partial charge in [0.25, 0.3) is 5.89 Å². The second-order valence-electron chi connectivity index (χ2n) is 4.14. The van der Waals surface area contributed by atoms with E-state index >= 15 is 0 Å². The highest BCUT2D eigenvalue weighted by molar-refractivity contribution is 7.13. The number of hydrogen-bond acceptors (Lipinski definition) is 6. The van der Waals surface area contributed by atoms with Crippen LogP contribution in [0.1, 0.15) is 24.7 Å². The average molecular weight is 251 g/mol. The van der Waals surface area contributed by atoms with Crippen molar-refractivity contribution >= 4 is 11.3 Å². The maximum Gasteiger partial charge on any atom is 0.271 e. The van der Waals surface area contributed by atoms with Gasteiger partial charge in [-0.05, 0) is 30.2 Å². The molecule has 1 aliphatic rings. The molecule has 0 aromatic carbocycles. The third-order valence-corrected chi connectivity index (χ3v) is 3.80. The highest BCUT2D eigenvalue weighted by Gasteiger charge is 2.33. The summed E-state index contributed by atoms with van der Waals surface area (Å²) in [6.07, 6.45) is 2.32. The molecule has 90 valence electrons. The summed E-state index contributed by atoms with van der Waals surface area (Å²) in [5.74, 6) is 2.36. The molecule has 2 N–H and O–H groups in total. The number of thiophene rings is 1. The van der Waals surface area contributed by atoms with E-state index in [0.717, 1.165) is 23.5 Å². The minimum absolute atomic E-state index is 0.0987. The van der Waals surface area contributed by atoms with E-state index in [9.17, 15) is 0 Å². The first kappa shape index (κ1) is 10.7. The van der Waals surface area contributed by atoms with Crippen molar-refractivity contribution in [2.24, 2.45) is 11.7 Å². The average Bonchev–Trinajstić information content (AvgIpc) is 2.91. The van der Waals surface area contributed by atoms with E-state index in [-0.39, 0.29) is 6.04 Å². The number of aromatic nitrogens is 2. The van der Waals surface area contributed by atoms with E-state index in [4.69, 9.17) is 15.0 Å². The van der Waals surface area contributed by atoms with Crippen LogP contribution in [0.4, 0.5) is 0 Å². The van der Waals surface area contributed by atoms with Crippen molar-refractivity contribution in [3.63, 3.8) is 0 Å². The van der Waals surface area contributed by atoms with Gasteiger partial charge in [0.05, 0.1) is 13.2 Å². The molecule has 0 spiro atoms. The van der Waals surface area contributed by atoms with Crippen molar-refractivity contribution in [3.8, 4) is 16.5 Å². The lowest BCUT2D eigenvalue weighted by Crippen LogP contribution is -2.13. The maximum atomic E-state index is 6.02. The van der Waals surface area contributed by atoms with Gasteiger partial charge in [-0.2, -0.15) is 4.98 Å². The Balaban J connectivity index is 1.89. The van der Waals surface area contributed by atoms with Gasteiger partial charge in [0.1, 0.15) is 10.6 Å². The Hall–Kier alpha value is -1.40. The number of methoxy groups -OCH3 is 1. The highest BCUT2D eigenvalue weighted by atomic mass is 32.1. The molecule has 1 unspecified atom stereocenters. The number of ether oxygens (including phenoxy) is 1. The lowest BCUT2D eigenvalue weighted by atomic mass is 10.2. The van der Waals surface area contributed by atoms with Crippen molar-refractivity contribution < 1.29 is 9.26 Å². The van der Waals surface area contributed by atoms with Gasteiger partial charge < -0.3 is 15.0 Å². The zero-order chi connectivity index (χ0) is 11.8. The smallest absolute Gasteiger partial charge is 0.271 e. The predicted molar refractivity (Wildman–Crippen MR) is 63.8 cm³/mol. The van der Waals surface area contributed by atoms with Crippen LogP contribution in [0, 0.1) is 5.92 Å². The minimum atomic E-state index is -0.0987. The summed E-state index contributed by atoms with van der Waals surface area (Å²) in [5.41, 5.74) is 6.02. The fraction of sp³-hybridized carbons (Fsp3) is 0.455. The first-order valence-corrected chi connectivity index (χ1v) is 6.38. The van der Waals surface area contributed by atoms with E-state index in [1.807, 2.05) is 11.4 Å². The third-order valence-electron chi connectivity index (χ3n) is 2.91. The zero-order valence-electron chi connectivity index (χ0n) is 9.42. The Bertz CT molecular complexity index is 518. The lowest BCUT2D eigenvalue weighted by molar-refractivity contribution is 0.400. The molecule has 1 saturated carbocycles. The van der Waals surface area contributed by atoms with Gasteiger partial charge in [0.15, 0.2) is 5.82 Å². The minimum Gasteiger partial charge on any atom is -0.495 e. The summed E-state index contributed by atoms with van der Waals surface area (Å²) in [6, 6.07) is 1.78. The van der Waals surface area contributed by atoms with Crippen LogP contribution in [0.25, 0.3) is 10.8 Å². The molecule has 1 fully saturated rings. The molecule has 3 rings (SSSR count). The Kier molecular flexibility index (Phi) is 2.60. The molecule has 0 saturated heterocycles. The molecule has 2 heterocycles. The monoisotopic (exact) mass is 251 g/mol. The molecule has 1 atom stereocenters. The van der Waals surface area contributed by atoms with Gasteiger partial charge in [-0.25, -0.2) is 0 Å². The lowest BCUT2D eigenvalue weighted by Gasteiger charge is -2.01. The SMILES string of the molecule is COc1ccsc1-c1nc(C(N)C2CC2)no1. The molecule has 1 aliphatic carbocycles. The fourth-order valence-electron chi connectivity index (χ4n) is 1.74. The van der Waals surface area contributed by atoms with Crippen molar-refractivity contribution in [2.45, 2.75) is 18.9 Å². The summed E-state index contributed by atoms with van der Waals surface area (Å²) < 4.78 is 10.5. The summed E-state index contributed by atoms with van der Waals surface area (Å²) >= 11 is 1.51. The Morgan fingerprint density at radius 2 is 2.41 bits per heavy atom. The topological polar surface area (TPSA) is 74.2 Å². The summed E-state index contributed by atoms with van der Waals surface area (Å²) in [6.45, 7) is 0. The van der Waals surface area contributed by atoms with Crippen LogP contribution in [0.5, 0.6) is 5.75 Å². The quantitative estimate of drug-likeness (QED) is 0.901. The third kappa shape index (κ3) is 1.94. The largest absolute Gasteiger partial charge is 0.495 e. The molecule has 6 heteroatoms. The molecule has 2 aromatic rings. The number of nitrogens with two attached hydrogens (primary N) is 1. The summed E-state index contributed by atoms with van der Waals surface area (Å²) in [5, 5.41) is 5.88.